The van der Waals surface area contributed by atoms with Gasteiger partial charge in [-0.25, -0.2) is 4.79 Å². The minimum Gasteiger partial charge on any atom is -0.491 e. The van der Waals surface area contributed by atoms with Crippen molar-refractivity contribution in [1.29, 1.82) is 0 Å². The molecule has 1 saturated heterocycles. The summed E-state index contributed by atoms with van der Waals surface area (Å²) in [4.78, 5) is 26.5. The lowest BCUT2D eigenvalue weighted by Gasteiger charge is -2.23. The molecule has 3 amide bonds. The Labute approximate surface area is 182 Å². The first kappa shape index (κ1) is 20.4. The van der Waals surface area contributed by atoms with Gasteiger partial charge in [0.15, 0.2) is 0 Å². The maximum absolute atomic E-state index is 13.0. The second-order valence-electron chi connectivity index (χ2n) is 7.46. The Morgan fingerprint density at radius 1 is 1.07 bits per heavy atom. The molecule has 1 fully saturated rings. The maximum Gasteiger partial charge on any atom is 0.325 e. The highest BCUT2D eigenvalue weighted by atomic mass is 79.9. The van der Waals surface area contributed by atoms with E-state index in [-0.39, 0.29) is 13.2 Å². The number of carbonyl (C=O) groups is 2. The Morgan fingerprint density at radius 3 is 2.60 bits per heavy atom. The summed E-state index contributed by atoms with van der Waals surface area (Å²) >= 11 is 3.39. The number of nitrogens with one attached hydrogen (secondary N) is 1. The van der Waals surface area contributed by atoms with E-state index in [9.17, 15) is 14.7 Å². The molecule has 1 aliphatic rings. The quantitative estimate of drug-likeness (QED) is 0.539. The van der Waals surface area contributed by atoms with Crippen LogP contribution in [-0.4, -0.2) is 41.2 Å². The Bertz CT molecular complexity index is 1120. The first-order valence-corrected chi connectivity index (χ1v) is 10.4. The largest absolute Gasteiger partial charge is 0.491 e. The summed E-state index contributed by atoms with van der Waals surface area (Å²) in [5, 5.41) is 15.3. The minimum atomic E-state index is -1.18. The van der Waals surface area contributed by atoms with Crippen LogP contribution in [0.25, 0.3) is 10.8 Å². The van der Waals surface area contributed by atoms with Gasteiger partial charge in [0.1, 0.15) is 24.0 Å². The van der Waals surface area contributed by atoms with E-state index in [0.717, 1.165) is 20.1 Å². The van der Waals surface area contributed by atoms with Crippen molar-refractivity contribution in [3.8, 4) is 5.75 Å². The molecule has 1 heterocycles. The third kappa shape index (κ3) is 3.91. The van der Waals surface area contributed by atoms with Crippen molar-refractivity contribution in [2.45, 2.75) is 18.6 Å². The number of benzene rings is 3. The van der Waals surface area contributed by atoms with E-state index in [1.807, 2.05) is 48.5 Å². The molecule has 4 rings (SSSR count). The van der Waals surface area contributed by atoms with Gasteiger partial charge in [0.05, 0.1) is 6.54 Å². The molecule has 7 heteroatoms. The zero-order valence-corrected chi connectivity index (χ0v) is 17.9. The van der Waals surface area contributed by atoms with Crippen LogP contribution in [0.3, 0.4) is 0 Å². The van der Waals surface area contributed by atoms with Gasteiger partial charge < -0.3 is 15.2 Å². The molecule has 2 atom stereocenters. The summed E-state index contributed by atoms with van der Waals surface area (Å²) in [5.74, 6) is 0.208. The monoisotopic (exact) mass is 468 g/mol. The lowest BCUT2D eigenvalue weighted by atomic mass is 9.92. The fraction of sp³-hybridized carbons (Fsp3) is 0.217. The summed E-state index contributed by atoms with van der Waals surface area (Å²) in [6.07, 6.45) is -1.02. The first-order chi connectivity index (χ1) is 14.4. The number of urea groups is 1. The average Bonchev–Trinajstić information content (AvgIpc) is 2.96. The standard InChI is InChI=1S/C23H21BrN2O4/c1-23(17-7-4-8-18(24)12-17)21(28)26(22(29)25-23)13-19(27)14-30-20-10-9-15-5-2-3-6-16(15)11-20/h2-12,19,27H,13-14H2,1H3,(H,25,29). The Balaban J connectivity index is 1.41. The Hall–Kier alpha value is -2.90. The molecule has 154 valence electrons. The van der Waals surface area contributed by atoms with Crippen LogP contribution in [0.2, 0.25) is 0 Å². The van der Waals surface area contributed by atoms with Crippen LogP contribution in [0.1, 0.15) is 12.5 Å². The minimum absolute atomic E-state index is 0.0387. The van der Waals surface area contributed by atoms with E-state index in [4.69, 9.17) is 4.74 Å². The number of imide groups is 1. The lowest BCUT2D eigenvalue weighted by Crippen LogP contribution is -2.42. The highest BCUT2D eigenvalue weighted by molar-refractivity contribution is 9.10. The molecule has 6 nitrogen and oxygen atoms in total. The van der Waals surface area contributed by atoms with Crippen LogP contribution >= 0.6 is 15.9 Å². The molecule has 0 bridgehead atoms. The molecule has 2 N–H and O–H groups in total. The van der Waals surface area contributed by atoms with Crippen LogP contribution in [0.5, 0.6) is 5.75 Å². The number of halogens is 1. The smallest absolute Gasteiger partial charge is 0.325 e. The number of fused-ring (bicyclic) bond motifs is 1. The highest BCUT2D eigenvalue weighted by Gasteiger charge is 2.49. The maximum atomic E-state index is 13.0. The molecule has 0 radical (unpaired) electrons. The normalized spacial score (nSPS) is 19.8. The molecule has 0 saturated carbocycles. The summed E-state index contributed by atoms with van der Waals surface area (Å²) in [6.45, 7) is 1.47. The van der Waals surface area contributed by atoms with Gasteiger partial charge in [-0.05, 0) is 47.5 Å². The second-order valence-corrected chi connectivity index (χ2v) is 8.37. The highest BCUT2D eigenvalue weighted by Crippen LogP contribution is 2.30. The van der Waals surface area contributed by atoms with E-state index >= 15 is 0 Å². The number of hydrogen-bond acceptors (Lipinski definition) is 4. The van der Waals surface area contributed by atoms with Crippen molar-refractivity contribution in [3.05, 3.63) is 76.8 Å². The Morgan fingerprint density at radius 2 is 1.83 bits per heavy atom. The van der Waals surface area contributed by atoms with Crippen molar-refractivity contribution in [2.75, 3.05) is 13.2 Å². The number of aliphatic hydroxyl groups is 1. The lowest BCUT2D eigenvalue weighted by molar-refractivity contribution is -0.132. The van der Waals surface area contributed by atoms with Crippen molar-refractivity contribution in [2.24, 2.45) is 0 Å². The zero-order valence-electron chi connectivity index (χ0n) is 16.3. The van der Waals surface area contributed by atoms with Crippen molar-refractivity contribution in [1.82, 2.24) is 10.2 Å². The second kappa shape index (κ2) is 8.08. The van der Waals surface area contributed by atoms with Gasteiger partial charge in [0.2, 0.25) is 0 Å². The SMILES string of the molecule is CC1(c2cccc(Br)c2)NC(=O)N(CC(O)COc2ccc3ccccc3c2)C1=O. The summed E-state index contributed by atoms with van der Waals surface area (Å²) < 4.78 is 6.49. The number of aliphatic hydroxyl groups excluding tert-OH is 1. The summed E-state index contributed by atoms with van der Waals surface area (Å²) in [7, 11) is 0. The number of β-amino-alcohol motifs (C(OH)–C–C–N with tert-alkyl or cyclic N) is 1. The van der Waals surface area contributed by atoms with Crippen LogP contribution in [0.15, 0.2) is 71.2 Å². The molecular formula is C23H21BrN2O4. The van der Waals surface area contributed by atoms with Gasteiger partial charge in [0.25, 0.3) is 5.91 Å². The number of rotatable bonds is 6. The van der Waals surface area contributed by atoms with Crippen molar-refractivity contribution < 1.29 is 19.4 Å². The van der Waals surface area contributed by atoms with E-state index in [2.05, 4.69) is 21.2 Å². The van der Waals surface area contributed by atoms with Gasteiger partial charge in [-0.2, -0.15) is 0 Å². The van der Waals surface area contributed by atoms with E-state index in [0.29, 0.717) is 11.3 Å². The van der Waals surface area contributed by atoms with Crippen LogP contribution in [-0.2, 0) is 10.3 Å². The predicted molar refractivity (Wildman–Crippen MR) is 117 cm³/mol. The van der Waals surface area contributed by atoms with E-state index in [1.165, 1.54) is 0 Å². The summed E-state index contributed by atoms with van der Waals surface area (Å²) in [6, 6.07) is 20.2. The van der Waals surface area contributed by atoms with Crippen molar-refractivity contribution >= 4 is 38.6 Å². The number of carbonyl (C=O) groups excluding carboxylic acids is 2. The Kier molecular flexibility index (Phi) is 5.49. The van der Waals surface area contributed by atoms with E-state index in [1.54, 1.807) is 25.1 Å². The van der Waals surface area contributed by atoms with Crippen LogP contribution in [0.4, 0.5) is 4.79 Å². The average molecular weight is 469 g/mol. The fourth-order valence-corrected chi connectivity index (χ4v) is 3.97. The van der Waals surface area contributed by atoms with Gasteiger partial charge in [-0.15, -0.1) is 0 Å². The van der Waals surface area contributed by atoms with Gasteiger partial charge in [-0.3, -0.25) is 9.69 Å². The van der Waals surface area contributed by atoms with E-state index < -0.39 is 23.6 Å². The topological polar surface area (TPSA) is 78.9 Å². The number of amides is 3. The van der Waals surface area contributed by atoms with Gasteiger partial charge in [-0.1, -0.05) is 58.4 Å². The molecular weight excluding hydrogens is 448 g/mol. The number of ether oxygens (including phenoxy) is 1. The van der Waals surface area contributed by atoms with Gasteiger partial charge >= 0.3 is 6.03 Å². The zero-order chi connectivity index (χ0) is 21.3. The summed E-state index contributed by atoms with van der Waals surface area (Å²) in [5.41, 5.74) is -0.514. The molecule has 2 unspecified atom stereocenters. The van der Waals surface area contributed by atoms with Crippen molar-refractivity contribution in [3.63, 3.8) is 0 Å². The molecule has 3 aromatic rings. The molecule has 0 spiro atoms. The molecule has 1 aliphatic heterocycles. The molecule has 0 aliphatic carbocycles. The number of hydrogen-bond donors (Lipinski definition) is 2. The van der Waals surface area contributed by atoms with Gasteiger partial charge in [0, 0.05) is 4.47 Å². The van der Waals surface area contributed by atoms with Crippen LogP contribution in [0, 0.1) is 0 Å². The fourth-order valence-electron chi connectivity index (χ4n) is 3.57. The number of nitrogens with zero attached hydrogens (tertiary/aromatic N) is 1. The predicted octanol–water partition coefficient (Wildman–Crippen LogP) is 3.81. The molecule has 30 heavy (non-hydrogen) atoms. The third-order valence-electron chi connectivity index (χ3n) is 5.23. The first-order valence-electron chi connectivity index (χ1n) is 9.56. The molecule has 0 aromatic heterocycles. The third-order valence-corrected chi connectivity index (χ3v) is 5.73. The molecule has 3 aromatic carbocycles. The van der Waals surface area contributed by atoms with Crippen LogP contribution < -0.4 is 10.1 Å².